The van der Waals surface area contributed by atoms with Gasteiger partial charge in [-0.15, -0.1) is 0 Å². The zero-order valence-corrected chi connectivity index (χ0v) is 20.4. The molecule has 0 bridgehead atoms. The van der Waals surface area contributed by atoms with E-state index in [-0.39, 0.29) is 41.1 Å². The molecule has 1 fully saturated rings. The first-order chi connectivity index (χ1) is 18.0. The Morgan fingerprint density at radius 1 is 1.18 bits per heavy atom. The number of carbonyl (C=O) groups excluding carboxylic acids is 2. The number of nitrogens with two attached hydrogens (primary N) is 2. The third kappa shape index (κ3) is 5.41. The fraction of sp³-hybridized carbons (Fsp3) is 0.360. The maximum Gasteiger partial charge on any atom is 0.419 e. The highest BCUT2D eigenvalue weighted by Crippen LogP contribution is 2.34. The van der Waals surface area contributed by atoms with Gasteiger partial charge in [-0.25, -0.2) is 9.07 Å². The van der Waals surface area contributed by atoms with Gasteiger partial charge in [0.05, 0.1) is 24.3 Å². The topological polar surface area (TPSA) is 125 Å². The first-order valence-electron chi connectivity index (χ1n) is 12.0. The van der Waals surface area contributed by atoms with Crippen molar-refractivity contribution in [3.8, 4) is 11.3 Å². The van der Waals surface area contributed by atoms with Gasteiger partial charge < -0.3 is 16.4 Å². The van der Waals surface area contributed by atoms with Crippen molar-refractivity contribution in [2.24, 2.45) is 5.73 Å². The molecule has 2 aromatic heterocycles. The zero-order valence-electron chi connectivity index (χ0n) is 20.4. The van der Waals surface area contributed by atoms with Crippen LogP contribution in [0.1, 0.15) is 53.2 Å². The van der Waals surface area contributed by atoms with Gasteiger partial charge in [0, 0.05) is 30.4 Å². The van der Waals surface area contributed by atoms with Crippen LogP contribution in [0, 0.1) is 5.82 Å². The number of anilines is 1. The number of nitrogen functional groups attached to an aromatic ring is 1. The van der Waals surface area contributed by atoms with Crippen LogP contribution in [0.15, 0.2) is 43.2 Å². The molecule has 202 valence electrons. The van der Waals surface area contributed by atoms with Gasteiger partial charge in [-0.3, -0.25) is 14.3 Å². The van der Waals surface area contributed by atoms with Crippen LogP contribution in [0.5, 0.6) is 0 Å². The number of likely N-dealkylation sites (tertiary alicyclic amines) is 1. The van der Waals surface area contributed by atoms with Gasteiger partial charge in [-0.1, -0.05) is 18.7 Å². The monoisotopic (exact) mass is 533 g/mol. The van der Waals surface area contributed by atoms with E-state index in [1.165, 1.54) is 29.2 Å². The number of carbonyl (C=O) groups is 2. The molecule has 38 heavy (non-hydrogen) atoms. The van der Waals surface area contributed by atoms with Gasteiger partial charge in [-0.05, 0) is 37.8 Å². The molecule has 1 saturated heterocycles. The highest BCUT2D eigenvalue weighted by molar-refractivity contribution is 6.03. The Balaban J connectivity index is 1.60. The first-order valence-corrected chi connectivity index (χ1v) is 12.0. The van der Waals surface area contributed by atoms with Crippen LogP contribution < -0.4 is 11.5 Å². The van der Waals surface area contributed by atoms with Gasteiger partial charge in [0.25, 0.3) is 5.91 Å². The normalized spacial score (nSPS) is 15.2. The number of aromatic nitrogens is 4. The van der Waals surface area contributed by atoms with Gasteiger partial charge in [0.2, 0.25) is 5.91 Å². The second kappa shape index (κ2) is 10.7. The molecule has 0 radical (unpaired) electrons. The number of primary amides is 1. The van der Waals surface area contributed by atoms with Crippen LogP contribution in [0.2, 0.25) is 0 Å². The molecule has 1 aliphatic rings. The van der Waals surface area contributed by atoms with E-state index in [1.807, 2.05) is 0 Å². The SMILES string of the molecule is C=CC(=O)N1CCCC(n2nc(-c3cnn(Cc4cccc(C(F)(F)F)c4F)c3)c(C(N)=O)c2N)CCC1. The Morgan fingerprint density at radius 2 is 1.87 bits per heavy atom. The van der Waals surface area contributed by atoms with E-state index in [2.05, 4.69) is 16.8 Å². The number of alkyl halides is 3. The summed E-state index contributed by atoms with van der Waals surface area (Å²) in [5.41, 5.74) is 10.9. The molecule has 0 unspecified atom stereocenters. The average molecular weight is 534 g/mol. The summed E-state index contributed by atoms with van der Waals surface area (Å²) in [6.45, 7) is 4.36. The maximum absolute atomic E-state index is 14.5. The summed E-state index contributed by atoms with van der Waals surface area (Å²) in [6, 6.07) is 2.90. The third-order valence-electron chi connectivity index (χ3n) is 6.58. The van der Waals surface area contributed by atoms with Crippen molar-refractivity contribution >= 4 is 17.6 Å². The summed E-state index contributed by atoms with van der Waals surface area (Å²) >= 11 is 0. The van der Waals surface area contributed by atoms with Crippen molar-refractivity contribution in [2.45, 2.75) is 44.4 Å². The predicted octanol–water partition coefficient (Wildman–Crippen LogP) is 3.76. The lowest BCUT2D eigenvalue weighted by Gasteiger charge is -2.27. The Kier molecular flexibility index (Phi) is 7.56. The second-order valence-electron chi connectivity index (χ2n) is 9.09. The fourth-order valence-corrected chi connectivity index (χ4v) is 4.72. The Morgan fingerprint density at radius 3 is 2.47 bits per heavy atom. The number of amides is 2. The molecule has 3 heterocycles. The molecule has 2 amide bonds. The average Bonchev–Trinajstić information content (AvgIpc) is 3.43. The minimum absolute atomic E-state index is 0.000297. The van der Waals surface area contributed by atoms with E-state index in [0.717, 1.165) is 6.07 Å². The van der Waals surface area contributed by atoms with Crippen LogP contribution in [0.3, 0.4) is 0 Å². The first kappa shape index (κ1) is 26.9. The lowest BCUT2D eigenvalue weighted by molar-refractivity contribution is -0.140. The Labute approximate surface area is 215 Å². The van der Waals surface area contributed by atoms with Crippen molar-refractivity contribution in [2.75, 3.05) is 18.8 Å². The van der Waals surface area contributed by atoms with Gasteiger partial charge in [0.15, 0.2) is 0 Å². The highest BCUT2D eigenvalue weighted by Gasteiger charge is 2.35. The molecular formula is C25H27F4N7O2. The molecule has 0 saturated carbocycles. The van der Waals surface area contributed by atoms with Gasteiger partial charge >= 0.3 is 6.18 Å². The van der Waals surface area contributed by atoms with Crippen LogP contribution in [0.25, 0.3) is 11.3 Å². The number of benzene rings is 1. The lowest BCUT2D eigenvalue weighted by atomic mass is 10.0. The fourth-order valence-electron chi connectivity index (χ4n) is 4.72. The minimum Gasteiger partial charge on any atom is -0.383 e. The number of hydrogen-bond donors (Lipinski definition) is 2. The summed E-state index contributed by atoms with van der Waals surface area (Å²) in [5.74, 6) is -2.20. The lowest BCUT2D eigenvalue weighted by Crippen LogP contribution is -2.33. The molecule has 4 rings (SSSR count). The quantitative estimate of drug-likeness (QED) is 0.369. The van der Waals surface area contributed by atoms with E-state index >= 15 is 0 Å². The number of rotatable bonds is 6. The molecule has 0 aliphatic carbocycles. The largest absolute Gasteiger partial charge is 0.419 e. The van der Waals surface area contributed by atoms with Crippen molar-refractivity contribution in [1.29, 1.82) is 0 Å². The summed E-state index contributed by atoms with van der Waals surface area (Å²) in [7, 11) is 0. The summed E-state index contributed by atoms with van der Waals surface area (Å²) in [4.78, 5) is 26.0. The number of halogens is 4. The van der Waals surface area contributed by atoms with Gasteiger partial charge in [0.1, 0.15) is 22.9 Å². The molecule has 1 aliphatic heterocycles. The molecular weight excluding hydrogens is 506 g/mol. The zero-order chi connectivity index (χ0) is 27.6. The summed E-state index contributed by atoms with van der Waals surface area (Å²) < 4.78 is 56.5. The van der Waals surface area contributed by atoms with Gasteiger partial charge in [-0.2, -0.15) is 23.4 Å². The van der Waals surface area contributed by atoms with Crippen LogP contribution in [-0.4, -0.2) is 49.4 Å². The van der Waals surface area contributed by atoms with Crippen LogP contribution >= 0.6 is 0 Å². The molecule has 0 atom stereocenters. The number of nitrogens with zero attached hydrogens (tertiary/aromatic N) is 5. The molecule has 0 spiro atoms. The Hall–Kier alpha value is -4.16. The van der Waals surface area contributed by atoms with Crippen molar-refractivity contribution in [3.05, 3.63) is 65.8 Å². The van der Waals surface area contributed by atoms with E-state index in [1.54, 1.807) is 9.58 Å². The molecule has 9 nitrogen and oxygen atoms in total. The summed E-state index contributed by atoms with van der Waals surface area (Å²) in [6.07, 6.45) is 1.94. The highest BCUT2D eigenvalue weighted by atomic mass is 19.4. The minimum atomic E-state index is -4.83. The smallest absolute Gasteiger partial charge is 0.383 e. The van der Waals surface area contributed by atoms with Crippen molar-refractivity contribution < 1.29 is 27.2 Å². The van der Waals surface area contributed by atoms with E-state index in [0.29, 0.717) is 50.4 Å². The number of hydrogen-bond acceptors (Lipinski definition) is 5. The standard InChI is InChI=1S/C25H27F4N7O2/c1-2-19(37)34-10-4-7-17(8-5-11-34)36-23(30)20(24(31)38)22(33-36)16-12-32-35(14-16)13-15-6-3-9-18(21(15)26)25(27,28)29/h2-3,6,9,12,14,17H,1,4-5,7-8,10-11,13,30H2,(H2,31,38). The summed E-state index contributed by atoms with van der Waals surface area (Å²) in [5, 5.41) is 8.68. The Bertz CT molecular complexity index is 1350. The second-order valence-corrected chi connectivity index (χ2v) is 9.09. The maximum atomic E-state index is 14.5. The molecule has 4 N–H and O–H groups in total. The van der Waals surface area contributed by atoms with E-state index in [4.69, 9.17) is 11.5 Å². The van der Waals surface area contributed by atoms with E-state index < -0.39 is 23.5 Å². The third-order valence-corrected chi connectivity index (χ3v) is 6.58. The molecule has 13 heteroatoms. The van der Waals surface area contributed by atoms with Crippen LogP contribution in [0.4, 0.5) is 23.4 Å². The predicted molar refractivity (Wildman–Crippen MR) is 131 cm³/mol. The molecule has 1 aromatic carbocycles. The van der Waals surface area contributed by atoms with Crippen molar-refractivity contribution in [1.82, 2.24) is 24.5 Å². The molecule has 3 aromatic rings. The van der Waals surface area contributed by atoms with E-state index in [9.17, 15) is 27.2 Å². The van der Waals surface area contributed by atoms with Crippen molar-refractivity contribution in [3.63, 3.8) is 0 Å². The van der Waals surface area contributed by atoms with Crippen LogP contribution in [-0.2, 0) is 17.5 Å².